The number of sulfone groups is 1. The maximum Gasteiger partial charge on any atom is 0.260 e. The average Bonchev–Trinajstić information content (AvgIpc) is 3.10. The van der Waals surface area contributed by atoms with Gasteiger partial charge < -0.3 is 4.90 Å². The Morgan fingerprint density at radius 3 is 2.33 bits per heavy atom. The van der Waals surface area contributed by atoms with E-state index in [0.29, 0.717) is 29.3 Å². The van der Waals surface area contributed by atoms with Gasteiger partial charge in [-0.1, -0.05) is 17.4 Å². The van der Waals surface area contributed by atoms with Crippen LogP contribution < -0.4 is 4.90 Å². The van der Waals surface area contributed by atoms with E-state index in [1.165, 1.54) is 17.6 Å². The van der Waals surface area contributed by atoms with E-state index < -0.39 is 9.84 Å². The molecule has 162 valence electrons. The van der Waals surface area contributed by atoms with E-state index in [1.807, 2.05) is 55.6 Å². The summed E-state index contributed by atoms with van der Waals surface area (Å²) < 4.78 is 25.0. The molecule has 6 nitrogen and oxygen atoms in total. The zero-order chi connectivity index (χ0) is 21.2. The van der Waals surface area contributed by atoms with Crippen molar-refractivity contribution >= 4 is 66.6 Å². The molecule has 0 saturated carbocycles. The monoisotopic (exact) mass is 485 g/mol. The second-order valence-corrected chi connectivity index (χ2v) is 10.7. The quantitative estimate of drug-likeness (QED) is 0.470. The maximum atomic E-state index is 13.3. The molecule has 3 rings (SSSR count). The summed E-state index contributed by atoms with van der Waals surface area (Å²) in [5.41, 5.74) is 0.986. The summed E-state index contributed by atoms with van der Waals surface area (Å²) in [6.45, 7) is 1.10. The molecule has 1 heterocycles. The Balaban J connectivity index is 0.00000320. The predicted octanol–water partition coefficient (Wildman–Crippen LogP) is 4.05. The number of likely N-dealkylation sites (N-methyl/N-ethyl adjacent to an activating group) is 1. The molecule has 0 aliphatic heterocycles. The fourth-order valence-corrected chi connectivity index (χ4v) is 5.12. The van der Waals surface area contributed by atoms with Crippen LogP contribution in [0.15, 0.2) is 52.3 Å². The molecule has 0 saturated heterocycles. The summed E-state index contributed by atoms with van der Waals surface area (Å²) in [5, 5.41) is 0.497. The average molecular weight is 486 g/mol. The van der Waals surface area contributed by atoms with Crippen LogP contribution in [0.1, 0.15) is 10.4 Å². The van der Waals surface area contributed by atoms with Crippen LogP contribution in [0.5, 0.6) is 0 Å². The number of fused-ring (bicyclic) bond motifs is 1. The number of anilines is 1. The molecule has 10 heteroatoms. The van der Waals surface area contributed by atoms with Gasteiger partial charge >= 0.3 is 0 Å². The van der Waals surface area contributed by atoms with Gasteiger partial charge in [-0.05, 0) is 56.7 Å². The third-order valence-electron chi connectivity index (χ3n) is 4.35. The normalized spacial score (nSPS) is 11.5. The van der Waals surface area contributed by atoms with Crippen LogP contribution in [0.3, 0.4) is 0 Å². The van der Waals surface area contributed by atoms with Gasteiger partial charge in [-0.2, -0.15) is 0 Å². The van der Waals surface area contributed by atoms with Crippen LogP contribution in [-0.4, -0.2) is 63.9 Å². The van der Waals surface area contributed by atoms with Gasteiger partial charge in [0.25, 0.3) is 5.91 Å². The number of aromatic nitrogens is 1. The lowest BCUT2D eigenvalue weighted by atomic mass is 10.2. The minimum absolute atomic E-state index is 0. The second-order valence-electron chi connectivity index (χ2n) is 6.86. The molecular weight excluding hydrogens is 462 g/mol. The number of carbonyl (C=O) groups is 1. The molecule has 3 aromatic rings. The summed E-state index contributed by atoms with van der Waals surface area (Å²) >= 11 is 2.94. The second kappa shape index (κ2) is 10.1. The van der Waals surface area contributed by atoms with Crippen LogP contribution in [0.25, 0.3) is 10.2 Å². The lowest BCUT2D eigenvalue weighted by Gasteiger charge is -2.22. The highest BCUT2D eigenvalue weighted by Crippen LogP contribution is 2.33. The van der Waals surface area contributed by atoms with Crippen molar-refractivity contribution < 1.29 is 13.2 Å². The van der Waals surface area contributed by atoms with Crippen molar-refractivity contribution in [2.75, 3.05) is 44.6 Å². The molecule has 0 spiro atoms. The van der Waals surface area contributed by atoms with Crippen molar-refractivity contribution in [3.05, 3.63) is 48.0 Å². The number of benzene rings is 2. The van der Waals surface area contributed by atoms with Crippen molar-refractivity contribution in [3.63, 3.8) is 0 Å². The van der Waals surface area contributed by atoms with Crippen molar-refractivity contribution in [1.82, 2.24) is 9.88 Å². The van der Waals surface area contributed by atoms with Gasteiger partial charge in [0.05, 0.1) is 9.60 Å². The third kappa shape index (κ3) is 5.53. The number of halogens is 1. The van der Waals surface area contributed by atoms with Gasteiger partial charge in [0.2, 0.25) is 0 Å². The van der Waals surface area contributed by atoms with E-state index in [-0.39, 0.29) is 23.2 Å². The fraction of sp³-hybridized carbons (Fsp3) is 0.300. The van der Waals surface area contributed by atoms with Crippen molar-refractivity contribution in [1.29, 1.82) is 0 Å². The number of thiazole rings is 1. The van der Waals surface area contributed by atoms with Crippen LogP contribution >= 0.6 is 35.5 Å². The summed E-state index contributed by atoms with van der Waals surface area (Å²) in [5.74, 6) is -0.153. The first kappa shape index (κ1) is 24.6. The summed E-state index contributed by atoms with van der Waals surface area (Å²) in [4.78, 5) is 22.7. The number of rotatable bonds is 7. The predicted molar refractivity (Wildman–Crippen MR) is 128 cm³/mol. The van der Waals surface area contributed by atoms with Crippen molar-refractivity contribution in [3.8, 4) is 0 Å². The molecule has 0 aliphatic carbocycles. The largest absolute Gasteiger partial charge is 0.308 e. The van der Waals surface area contributed by atoms with Gasteiger partial charge in [0, 0.05) is 29.8 Å². The lowest BCUT2D eigenvalue weighted by Crippen LogP contribution is -2.36. The van der Waals surface area contributed by atoms with Gasteiger partial charge in [-0.15, -0.1) is 24.2 Å². The first-order valence-corrected chi connectivity index (χ1v) is 12.8. The molecule has 0 bridgehead atoms. The fourth-order valence-electron chi connectivity index (χ4n) is 2.80. The van der Waals surface area contributed by atoms with E-state index in [0.717, 1.165) is 9.60 Å². The Kier molecular flexibility index (Phi) is 8.29. The maximum absolute atomic E-state index is 13.3. The highest BCUT2D eigenvalue weighted by atomic mass is 35.5. The summed E-state index contributed by atoms with van der Waals surface area (Å²) in [7, 11) is 0.464. The Hall–Kier alpha value is -1.65. The summed E-state index contributed by atoms with van der Waals surface area (Å²) in [6, 6.07) is 12.5. The van der Waals surface area contributed by atoms with Crippen LogP contribution in [0, 0.1) is 0 Å². The topological polar surface area (TPSA) is 70.6 Å². The van der Waals surface area contributed by atoms with E-state index in [1.54, 1.807) is 28.8 Å². The Bertz CT molecular complexity index is 1130. The van der Waals surface area contributed by atoms with E-state index >= 15 is 0 Å². The van der Waals surface area contributed by atoms with Gasteiger partial charge in [-0.25, -0.2) is 13.4 Å². The molecule has 0 radical (unpaired) electrons. The molecule has 30 heavy (non-hydrogen) atoms. The van der Waals surface area contributed by atoms with Gasteiger partial charge in [-0.3, -0.25) is 9.69 Å². The number of nitrogens with zero attached hydrogens (tertiary/aromatic N) is 3. The SMILES string of the molecule is CSc1ccc(C(=O)N(CCN(C)C)c2nc3c(S(C)(=O)=O)cccc3s2)cc1.Cl. The van der Waals surface area contributed by atoms with Crippen LogP contribution in [-0.2, 0) is 9.84 Å². The Morgan fingerprint density at radius 2 is 1.77 bits per heavy atom. The van der Waals surface area contributed by atoms with E-state index in [9.17, 15) is 13.2 Å². The highest BCUT2D eigenvalue weighted by molar-refractivity contribution is 7.98. The van der Waals surface area contributed by atoms with Gasteiger partial charge in [0.15, 0.2) is 15.0 Å². The number of hydrogen-bond donors (Lipinski definition) is 0. The van der Waals surface area contributed by atoms with Crippen molar-refractivity contribution in [2.45, 2.75) is 9.79 Å². The van der Waals surface area contributed by atoms with Gasteiger partial charge in [0.1, 0.15) is 5.52 Å². The summed E-state index contributed by atoms with van der Waals surface area (Å²) in [6.07, 6.45) is 3.16. The molecule has 0 unspecified atom stereocenters. The Labute approximate surface area is 191 Å². The number of amides is 1. The zero-order valence-corrected chi connectivity index (χ0v) is 20.4. The zero-order valence-electron chi connectivity index (χ0n) is 17.2. The molecule has 0 fully saturated rings. The minimum Gasteiger partial charge on any atom is -0.308 e. The van der Waals surface area contributed by atoms with E-state index in [2.05, 4.69) is 4.98 Å². The van der Waals surface area contributed by atoms with Crippen molar-refractivity contribution in [2.24, 2.45) is 0 Å². The van der Waals surface area contributed by atoms with Crippen LogP contribution in [0.4, 0.5) is 5.13 Å². The van der Waals surface area contributed by atoms with Crippen LogP contribution in [0.2, 0.25) is 0 Å². The number of carbonyl (C=O) groups excluding carboxylic acids is 1. The highest BCUT2D eigenvalue weighted by Gasteiger charge is 2.23. The first-order chi connectivity index (χ1) is 13.7. The molecule has 0 atom stereocenters. The number of thioether (sulfide) groups is 1. The molecule has 1 aromatic heterocycles. The molecule has 0 aliphatic rings. The first-order valence-electron chi connectivity index (χ1n) is 8.91. The van der Waals surface area contributed by atoms with E-state index in [4.69, 9.17) is 0 Å². The number of para-hydroxylation sites is 1. The minimum atomic E-state index is -3.42. The molecule has 2 aromatic carbocycles. The molecule has 1 amide bonds. The lowest BCUT2D eigenvalue weighted by molar-refractivity contribution is 0.0985. The Morgan fingerprint density at radius 1 is 1.10 bits per heavy atom. The molecular formula is C20H24ClN3O3S3. The smallest absolute Gasteiger partial charge is 0.260 e. The third-order valence-corrected chi connectivity index (χ3v) is 7.27. The standard InChI is InChI=1S/C20H23N3O3S3.ClH/c1-22(2)12-13-23(19(24)14-8-10-15(27-3)11-9-14)20-21-18-16(28-20)6-5-7-17(18)29(4,25)26;/h5-11H,12-13H2,1-4H3;1H. The number of hydrogen-bond acceptors (Lipinski definition) is 7. The molecule has 0 N–H and O–H groups in total.